The third-order valence-corrected chi connectivity index (χ3v) is 3.62. The molecule has 5 heteroatoms. The first-order valence-electron chi connectivity index (χ1n) is 5.11. The van der Waals surface area contributed by atoms with Gasteiger partial charge < -0.3 is 11.1 Å². The van der Waals surface area contributed by atoms with Crippen molar-refractivity contribution in [3.8, 4) is 0 Å². The summed E-state index contributed by atoms with van der Waals surface area (Å²) in [4.78, 5) is 0.194. The number of hydrogen-bond acceptors (Lipinski definition) is 2. The summed E-state index contributed by atoms with van der Waals surface area (Å²) in [7, 11) is 0. The number of rotatable bonds is 4. The van der Waals surface area contributed by atoms with E-state index in [1.807, 2.05) is 0 Å². The summed E-state index contributed by atoms with van der Waals surface area (Å²) in [5.74, 6) is 0.374. The van der Waals surface area contributed by atoms with Crippen LogP contribution in [0.15, 0.2) is 16.6 Å². The van der Waals surface area contributed by atoms with Crippen molar-refractivity contribution in [2.24, 2.45) is 11.7 Å². The van der Waals surface area contributed by atoms with Crippen molar-refractivity contribution in [3.63, 3.8) is 0 Å². The normalized spacial score (nSPS) is 14.9. The minimum absolute atomic E-state index is 0.194. The number of anilines is 1. The van der Waals surface area contributed by atoms with E-state index in [-0.39, 0.29) is 10.8 Å². The van der Waals surface area contributed by atoms with Gasteiger partial charge in [-0.25, -0.2) is 4.39 Å². The third kappa shape index (κ3) is 2.52. The Hall–Kier alpha value is -0.680. The molecule has 1 aromatic rings. The van der Waals surface area contributed by atoms with E-state index in [1.54, 1.807) is 12.1 Å². The molecule has 0 amide bonds. The zero-order valence-electron chi connectivity index (χ0n) is 8.59. The molecule has 1 saturated carbocycles. The van der Waals surface area contributed by atoms with E-state index in [0.29, 0.717) is 21.6 Å². The van der Waals surface area contributed by atoms with Crippen molar-refractivity contribution < 1.29 is 4.39 Å². The molecule has 2 nitrogen and oxygen atoms in total. The second-order valence-corrected chi connectivity index (χ2v) is 5.21. The Morgan fingerprint density at radius 3 is 2.81 bits per heavy atom. The van der Waals surface area contributed by atoms with Gasteiger partial charge >= 0.3 is 0 Å². The molecule has 0 radical (unpaired) electrons. The number of benzene rings is 1. The van der Waals surface area contributed by atoms with E-state index in [0.717, 1.165) is 6.54 Å². The summed E-state index contributed by atoms with van der Waals surface area (Å²) in [6.45, 7) is 0.829. The Labute approximate surface area is 108 Å². The van der Waals surface area contributed by atoms with E-state index < -0.39 is 0 Å². The Morgan fingerprint density at radius 2 is 2.25 bits per heavy atom. The quantitative estimate of drug-likeness (QED) is 0.840. The Balaban J connectivity index is 2.19. The van der Waals surface area contributed by atoms with E-state index in [9.17, 15) is 4.39 Å². The van der Waals surface area contributed by atoms with Crippen LogP contribution in [0.2, 0.25) is 0 Å². The topological polar surface area (TPSA) is 38.0 Å². The van der Waals surface area contributed by atoms with Crippen molar-refractivity contribution in [2.75, 3.05) is 11.9 Å². The fourth-order valence-corrected chi connectivity index (χ4v) is 2.31. The van der Waals surface area contributed by atoms with Crippen LogP contribution in [0, 0.1) is 11.7 Å². The van der Waals surface area contributed by atoms with Gasteiger partial charge in [-0.1, -0.05) is 12.2 Å². The standard InChI is InChI=1S/C11H12BrFN2S/c12-9-7(11(14)16)3-4-8(10(9)13)15-5-6-1-2-6/h3-4,6,15H,1-2,5H2,(H2,14,16). The average Bonchev–Trinajstić information content (AvgIpc) is 3.03. The van der Waals surface area contributed by atoms with Crippen molar-refractivity contribution in [3.05, 3.63) is 28.0 Å². The highest BCUT2D eigenvalue weighted by Crippen LogP contribution is 2.31. The highest BCUT2D eigenvalue weighted by Gasteiger charge is 2.21. The molecular formula is C11H12BrFN2S. The molecule has 0 aromatic heterocycles. The molecule has 3 N–H and O–H groups in total. The molecule has 1 aromatic carbocycles. The fraction of sp³-hybridized carbons (Fsp3) is 0.364. The minimum atomic E-state index is -0.328. The van der Waals surface area contributed by atoms with E-state index >= 15 is 0 Å². The van der Waals surface area contributed by atoms with Gasteiger partial charge in [0.2, 0.25) is 0 Å². The van der Waals surface area contributed by atoms with E-state index in [2.05, 4.69) is 21.2 Å². The van der Waals surface area contributed by atoms with Crippen LogP contribution in [0.3, 0.4) is 0 Å². The van der Waals surface area contributed by atoms with Crippen molar-refractivity contribution in [2.45, 2.75) is 12.8 Å². The largest absolute Gasteiger partial charge is 0.389 e. The lowest BCUT2D eigenvalue weighted by Gasteiger charge is -2.10. The summed E-state index contributed by atoms with van der Waals surface area (Å²) < 4.78 is 14.2. The van der Waals surface area contributed by atoms with Crippen LogP contribution in [0.1, 0.15) is 18.4 Å². The Kier molecular flexibility index (Phi) is 3.44. The zero-order chi connectivity index (χ0) is 11.7. The van der Waals surface area contributed by atoms with Gasteiger partial charge in [0.25, 0.3) is 0 Å². The molecule has 0 heterocycles. The summed E-state index contributed by atoms with van der Waals surface area (Å²) in [5.41, 5.74) is 6.51. The van der Waals surface area contributed by atoms with Gasteiger partial charge in [-0.15, -0.1) is 0 Å². The van der Waals surface area contributed by atoms with Crippen LogP contribution < -0.4 is 11.1 Å². The van der Waals surface area contributed by atoms with Gasteiger partial charge in [0, 0.05) is 12.1 Å². The van der Waals surface area contributed by atoms with Gasteiger partial charge in [-0.3, -0.25) is 0 Å². The predicted molar refractivity (Wildman–Crippen MR) is 71.2 cm³/mol. The van der Waals surface area contributed by atoms with Crippen molar-refractivity contribution in [1.29, 1.82) is 0 Å². The van der Waals surface area contributed by atoms with Crippen LogP contribution in [0.25, 0.3) is 0 Å². The summed E-state index contributed by atoms with van der Waals surface area (Å²) in [6.07, 6.45) is 2.47. The second-order valence-electron chi connectivity index (χ2n) is 3.98. The molecule has 0 spiro atoms. The average molecular weight is 303 g/mol. The molecular weight excluding hydrogens is 291 g/mol. The molecule has 0 unspecified atom stereocenters. The van der Waals surface area contributed by atoms with E-state index in [4.69, 9.17) is 18.0 Å². The van der Waals surface area contributed by atoms with Crippen LogP contribution >= 0.6 is 28.1 Å². The molecule has 86 valence electrons. The monoisotopic (exact) mass is 302 g/mol. The highest BCUT2D eigenvalue weighted by atomic mass is 79.9. The van der Waals surface area contributed by atoms with E-state index in [1.165, 1.54) is 12.8 Å². The predicted octanol–water partition coefficient (Wildman–Crippen LogP) is 3.04. The Morgan fingerprint density at radius 1 is 1.56 bits per heavy atom. The SMILES string of the molecule is NC(=S)c1ccc(NCC2CC2)c(F)c1Br. The van der Waals surface area contributed by atoms with Gasteiger partial charge in [0.15, 0.2) is 5.82 Å². The molecule has 0 aliphatic heterocycles. The lowest BCUT2D eigenvalue weighted by molar-refractivity contribution is 0.622. The molecule has 16 heavy (non-hydrogen) atoms. The van der Waals surface area contributed by atoms with Crippen LogP contribution in [0.4, 0.5) is 10.1 Å². The number of nitrogens with one attached hydrogen (secondary N) is 1. The first kappa shape index (κ1) is 11.8. The summed E-state index contributed by atoms with van der Waals surface area (Å²) in [6, 6.07) is 3.40. The lowest BCUT2D eigenvalue weighted by Crippen LogP contribution is -2.12. The maximum atomic E-state index is 13.9. The van der Waals surface area contributed by atoms with Gasteiger partial charge in [0.05, 0.1) is 10.2 Å². The summed E-state index contributed by atoms with van der Waals surface area (Å²) in [5, 5.41) is 3.09. The van der Waals surface area contributed by atoms with Crippen LogP contribution in [0.5, 0.6) is 0 Å². The van der Waals surface area contributed by atoms with Gasteiger partial charge in [-0.2, -0.15) is 0 Å². The molecule has 0 atom stereocenters. The minimum Gasteiger partial charge on any atom is -0.389 e. The van der Waals surface area contributed by atoms with Crippen LogP contribution in [-0.2, 0) is 0 Å². The van der Waals surface area contributed by atoms with Gasteiger partial charge in [0.1, 0.15) is 4.99 Å². The van der Waals surface area contributed by atoms with Crippen molar-refractivity contribution >= 4 is 38.8 Å². The first-order valence-corrected chi connectivity index (χ1v) is 6.31. The maximum Gasteiger partial charge on any atom is 0.161 e. The molecule has 0 bridgehead atoms. The Bertz CT molecular complexity index is 432. The van der Waals surface area contributed by atoms with Crippen molar-refractivity contribution in [1.82, 2.24) is 0 Å². The molecule has 1 aliphatic carbocycles. The molecule has 2 rings (SSSR count). The molecule has 1 fully saturated rings. The van der Waals surface area contributed by atoms with Crippen LogP contribution in [-0.4, -0.2) is 11.5 Å². The number of thiocarbonyl (C=S) groups is 1. The molecule has 0 saturated heterocycles. The molecule has 1 aliphatic rings. The number of hydrogen-bond donors (Lipinski definition) is 2. The number of halogens is 2. The lowest BCUT2D eigenvalue weighted by atomic mass is 10.2. The number of nitrogens with two attached hydrogens (primary N) is 1. The smallest absolute Gasteiger partial charge is 0.161 e. The van der Waals surface area contributed by atoms with Gasteiger partial charge in [-0.05, 0) is 46.8 Å². The third-order valence-electron chi connectivity index (χ3n) is 2.63. The summed E-state index contributed by atoms with van der Waals surface area (Å²) >= 11 is 8.00. The second kappa shape index (κ2) is 4.67. The first-order chi connectivity index (χ1) is 7.59. The zero-order valence-corrected chi connectivity index (χ0v) is 11.0. The highest BCUT2D eigenvalue weighted by molar-refractivity contribution is 9.10. The fourth-order valence-electron chi connectivity index (χ4n) is 1.45. The maximum absolute atomic E-state index is 13.9.